The van der Waals surface area contributed by atoms with Gasteiger partial charge in [-0.3, -0.25) is 4.79 Å². The Morgan fingerprint density at radius 3 is 2.04 bits per heavy atom. The van der Waals surface area contributed by atoms with Crippen LogP contribution >= 0.6 is 0 Å². The molecule has 0 aliphatic carbocycles. The first kappa shape index (κ1) is 23.3. The van der Waals surface area contributed by atoms with E-state index < -0.39 is 0 Å². The molecule has 0 saturated carbocycles. The number of rotatable bonds is 7. The average molecular weight is 359 g/mol. The summed E-state index contributed by atoms with van der Waals surface area (Å²) in [5.74, 6) is 0.517. The van der Waals surface area contributed by atoms with E-state index in [0.717, 1.165) is 11.1 Å². The minimum Gasteiger partial charge on any atom is -0.352 e. The van der Waals surface area contributed by atoms with Crippen molar-refractivity contribution in [2.75, 3.05) is 0 Å². The number of hydrogen-bond donors (Lipinski definition) is 1. The first-order chi connectivity index (χ1) is 12.6. The Morgan fingerprint density at radius 2 is 1.50 bits per heavy atom. The number of ketones is 1. The zero-order chi connectivity index (χ0) is 19.8. The maximum atomic E-state index is 11.6. The van der Waals surface area contributed by atoms with Gasteiger partial charge in [-0.2, -0.15) is 0 Å². The average Bonchev–Trinajstić information content (AvgIpc) is 2.70. The molecule has 2 rings (SSSR count). The van der Waals surface area contributed by atoms with Gasteiger partial charge in [-0.05, 0) is 18.9 Å². The summed E-state index contributed by atoms with van der Waals surface area (Å²) in [5.41, 5.74) is 1.79. The van der Waals surface area contributed by atoms with Crippen molar-refractivity contribution in [2.24, 2.45) is 0 Å². The number of hydrogen-bond acceptors (Lipinski definition) is 6. The first-order valence-corrected chi connectivity index (χ1v) is 9.01. The van der Waals surface area contributed by atoms with Crippen molar-refractivity contribution >= 4 is 11.7 Å². The van der Waals surface area contributed by atoms with Crippen molar-refractivity contribution in [1.29, 1.82) is 0 Å². The molecule has 0 saturated heterocycles. The Labute approximate surface area is 155 Å². The van der Waals surface area contributed by atoms with E-state index >= 15 is 0 Å². The quantitative estimate of drug-likeness (QED) is 0.814. The third-order valence-corrected chi connectivity index (χ3v) is 3.04. The van der Waals surface area contributed by atoms with Crippen LogP contribution < -0.4 is 5.32 Å². The number of benzene rings is 1. The predicted molar refractivity (Wildman–Crippen MR) is 102 cm³/mol. The normalized spacial score (nSPS) is 9.12. The molecule has 0 radical (unpaired) electrons. The Kier molecular flexibility index (Phi) is 13.1. The summed E-state index contributed by atoms with van der Waals surface area (Å²) < 4.78 is 0. The van der Waals surface area contributed by atoms with Gasteiger partial charge in [0.1, 0.15) is 5.78 Å². The van der Waals surface area contributed by atoms with Crippen LogP contribution in [0.15, 0.2) is 30.6 Å². The SMILES string of the molecule is CC.CC.CC(=O)CCCC(=O)NCc1ccc(-c2nncnn2)cc1. The van der Waals surface area contributed by atoms with Crippen LogP contribution in [-0.2, 0) is 16.1 Å². The Morgan fingerprint density at radius 1 is 0.923 bits per heavy atom. The smallest absolute Gasteiger partial charge is 0.220 e. The summed E-state index contributed by atoms with van der Waals surface area (Å²) >= 11 is 0. The predicted octanol–water partition coefficient (Wildman–Crippen LogP) is 3.36. The summed E-state index contributed by atoms with van der Waals surface area (Å²) in [6.07, 6.45) is 2.68. The molecule has 0 unspecified atom stereocenters. The molecular weight excluding hydrogens is 330 g/mol. The second-order valence-electron chi connectivity index (χ2n) is 4.90. The van der Waals surface area contributed by atoms with Crippen LogP contribution in [-0.4, -0.2) is 32.1 Å². The van der Waals surface area contributed by atoms with Crippen LogP contribution in [0.3, 0.4) is 0 Å². The Bertz CT molecular complexity index is 630. The highest BCUT2D eigenvalue weighted by Gasteiger charge is 2.04. The number of carbonyl (C=O) groups is 2. The number of Topliss-reactive ketones (excluding diaryl/α,β-unsaturated/α-hetero) is 1. The van der Waals surface area contributed by atoms with E-state index in [9.17, 15) is 9.59 Å². The van der Waals surface area contributed by atoms with E-state index in [2.05, 4.69) is 25.7 Å². The fourth-order valence-electron chi connectivity index (χ4n) is 1.88. The van der Waals surface area contributed by atoms with E-state index in [1.807, 2.05) is 52.0 Å². The monoisotopic (exact) mass is 359 g/mol. The number of nitrogens with zero attached hydrogens (tertiary/aromatic N) is 4. The minimum atomic E-state index is -0.0508. The van der Waals surface area contributed by atoms with Gasteiger partial charge in [0, 0.05) is 24.9 Å². The van der Waals surface area contributed by atoms with Crippen LogP contribution in [0.5, 0.6) is 0 Å². The molecule has 1 aromatic carbocycles. The third kappa shape index (κ3) is 9.56. The highest BCUT2D eigenvalue weighted by molar-refractivity contribution is 5.78. The molecule has 1 heterocycles. The maximum Gasteiger partial charge on any atom is 0.220 e. The summed E-state index contributed by atoms with van der Waals surface area (Å²) in [6, 6.07) is 7.49. The molecule has 0 fully saturated rings. The van der Waals surface area contributed by atoms with Crippen molar-refractivity contribution in [1.82, 2.24) is 25.7 Å². The molecule has 0 aliphatic heterocycles. The van der Waals surface area contributed by atoms with E-state index in [0.29, 0.717) is 31.6 Å². The zero-order valence-electron chi connectivity index (χ0n) is 16.3. The Hall–Kier alpha value is -2.70. The largest absolute Gasteiger partial charge is 0.352 e. The first-order valence-electron chi connectivity index (χ1n) is 9.01. The van der Waals surface area contributed by atoms with Crippen LogP contribution in [0.4, 0.5) is 0 Å². The maximum absolute atomic E-state index is 11.6. The molecule has 7 nitrogen and oxygen atoms in total. The van der Waals surface area contributed by atoms with Crippen LogP contribution in [0, 0.1) is 0 Å². The standard InChI is InChI=1S/C15H17N5O2.2C2H6/c1-11(21)3-2-4-14(22)16-9-12-5-7-13(8-6-12)15-19-17-10-18-20-15;2*1-2/h5-8,10H,2-4,9H2,1H3,(H,16,22);2*1-2H3. The minimum absolute atomic E-state index is 0.0508. The van der Waals surface area contributed by atoms with E-state index in [-0.39, 0.29) is 11.7 Å². The molecule has 0 bridgehead atoms. The molecule has 0 spiro atoms. The van der Waals surface area contributed by atoms with Gasteiger partial charge in [-0.25, -0.2) is 0 Å². The lowest BCUT2D eigenvalue weighted by molar-refractivity contribution is -0.121. The molecule has 142 valence electrons. The van der Waals surface area contributed by atoms with Gasteiger partial charge in [-0.1, -0.05) is 52.0 Å². The molecule has 26 heavy (non-hydrogen) atoms. The van der Waals surface area contributed by atoms with Gasteiger partial charge >= 0.3 is 0 Å². The fourth-order valence-corrected chi connectivity index (χ4v) is 1.88. The molecule has 0 aliphatic rings. The molecule has 1 N–H and O–H groups in total. The highest BCUT2D eigenvalue weighted by atomic mass is 16.1. The number of carbonyl (C=O) groups excluding carboxylic acids is 2. The lowest BCUT2D eigenvalue weighted by Gasteiger charge is -2.05. The zero-order valence-corrected chi connectivity index (χ0v) is 16.3. The fraction of sp³-hybridized carbons (Fsp3) is 0.474. The highest BCUT2D eigenvalue weighted by Crippen LogP contribution is 2.13. The van der Waals surface area contributed by atoms with Gasteiger partial charge < -0.3 is 10.1 Å². The van der Waals surface area contributed by atoms with Crippen LogP contribution in [0.2, 0.25) is 0 Å². The van der Waals surface area contributed by atoms with Gasteiger partial charge in [0.05, 0.1) is 0 Å². The molecule has 1 amide bonds. The lowest BCUT2D eigenvalue weighted by Crippen LogP contribution is -2.22. The number of nitrogens with one attached hydrogen (secondary N) is 1. The number of aromatic nitrogens is 4. The van der Waals surface area contributed by atoms with Crippen molar-refractivity contribution in [2.45, 2.75) is 60.4 Å². The molecule has 2 aromatic rings. The summed E-state index contributed by atoms with van der Waals surface area (Å²) in [4.78, 5) is 22.4. The third-order valence-electron chi connectivity index (χ3n) is 3.04. The van der Waals surface area contributed by atoms with Crippen molar-refractivity contribution in [3.63, 3.8) is 0 Å². The topological polar surface area (TPSA) is 97.7 Å². The molecule has 1 aromatic heterocycles. The van der Waals surface area contributed by atoms with Gasteiger partial charge in [-0.15, -0.1) is 20.4 Å². The van der Waals surface area contributed by atoms with Crippen LogP contribution in [0.1, 0.15) is 59.4 Å². The van der Waals surface area contributed by atoms with E-state index in [4.69, 9.17) is 0 Å². The van der Waals surface area contributed by atoms with Gasteiger partial charge in [0.15, 0.2) is 6.33 Å². The molecule has 0 atom stereocenters. The van der Waals surface area contributed by atoms with Crippen molar-refractivity contribution in [3.8, 4) is 11.4 Å². The van der Waals surface area contributed by atoms with E-state index in [1.165, 1.54) is 13.3 Å². The van der Waals surface area contributed by atoms with E-state index in [1.54, 1.807) is 0 Å². The molecule has 7 heteroatoms. The van der Waals surface area contributed by atoms with Crippen molar-refractivity contribution in [3.05, 3.63) is 36.2 Å². The Balaban J connectivity index is 0.00000146. The second kappa shape index (κ2) is 14.6. The van der Waals surface area contributed by atoms with Gasteiger partial charge in [0.25, 0.3) is 0 Å². The lowest BCUT2D eigenvalue weighted by atomic mass is 10.1. The number of amides is 1. The summed E-state index contributed by atoms with van der Waals surface area (Å²) in [7, 11) is 0. The summed E-state index contributed by atoms with van der Waals surface area (Å²) in [6.45, 7) is 9.98. The molecular formula is C19H29N5O2. The van der Waals surface area contributed by atoms with Crippen LogP contribution in [0.25, 0.3) is 11.4 Å². The van der Waals surface area contributed by atoms with Gasteiger partial charge in [0.2, 0.25) is 11.7 Å². The summed E-state index contributed by atoms with van der Waals surface area (Å²) in [5, 5.41) is 17.9. The second-order valence-corrected chi connectivity index (χ2v) is 4.90. The van der Waals surface area contributed by atoms with Crippen molar-refractivity contribution < 1.29 is 9.59 Å².